The van der Waals surface area contributed by atoms with E-state index in [1.807, 2.05) is 0 Å². The largest absolute Gasteiger partial charge is 0.503 e. The first-order chi connectivity index (χ1) is 11.5. The molecule has 0 aliphatic heterocycles. The Morgan fingerprint density at radius 2 is 2.04 bits per heavy atom. The molecule has 0 spiro atoms. The van der Waals surface area contributed by atoms with Crippen molar-refractivity contribution in [3.05, 3.63) is 63.7 Å². The Kier molecular flexibility index (Phi) is 5.49. The van der Waals surface area contributed by atoms with E-state index in [2.05, 4.69) is 16.8 Å². The first-order valence-corrected chi connectivity index (χ1v) is 7.20. The molecule has 24 heavy (non-hydrogen) atoms. The SMILES string of the molecule is C=CCc1cc(/N=N/c2cc(Cl)ccc2[N+](=O)[O-])c(O)c(OC)c1. The number of rotatable bonds is 6. The van der Waals surface area contributed by atoms with Gasteiger partial charge in [0.1, 0.15) is 5.69 Å². The summed E-state index contributed by atoms with van der Waals surface area (Å²) in [5, 5.41) is 29.2. The quantitative estimate of drug-likeness (QED) is 0.340. The van der Waals surface area contributed by atoms with Crippen molar-refractivity contribution in [3.8, 4) is 11.5 Å². The molecular formula is C16H14ClN3O4. The molecule has 0 amide bonds. The van der Waals surface area contributed by atoms with E-state index in [9.17, 15) is 15.2 Å². The predicted octanol–water partition coefficient (Wildman–Crippen LogP) is 5.11. The molecule has 0 heterocycles. The molecule has 8 heteroatoms. The molecule has 0 fully saturated rings. The average Bonchev–Trinajstić information content (AvgIpc) is 2.55. The van der Waals surface area contributed by atoms with E-state index in [0.29, 0.717) is 6.42 Å². The summed E-state index contributed by atoms with van der Waals surface area (Å²) in [5.41, 5.74) is 0.673. The van der Waals surface area contributed by atoms with Gasteiger partial charge in [0.25, 0.3) is 5.69 Å². The highest BCUT2D eigenvalue weighted by molar-refractivity contribution is 6.30. The van der Waals surface area contributed by atoms with Crippen molar-refractivity contribution in [3.63, 3.8) is 0 Å². The van der Waals surface area contributed by atoms with Crippen LogP contribution in [0.2, 0.25) is 5.02 Å². The van der Waals surface area contributed by atoms with Crippen molar-refractivity contribution in [2.45, 2.75) is 6.42 Å². The summed E-state index contributed by atoms with van der Waals surface area (Å²) in [5.74, 6) is 0.0163. The number of phenolic OH excluding ortho intramolecular Hbond substituents is 1. The maximum Gasteiger partial charge on any atom is 0.296 e. The number of azo groups is 1. The Morgan fingerprint density at radius 3 is 2.67 bits per heavy atom. The summed E-state index contributed by atoms with van der Waals surface area (Å²) in [6.07, 6.45) is 2.23. The zero-order valence-electron chi connectivity index (χ0n) is 12.8. The fourth-order valence-electron chi connectivity index (χ4n) is 2.00. The highest BCUT2D eigenvalue weighted by Crippen LogP contribution is 2.39. The average molecular weight is 348 g/mol. The lowest BCUT2D eigenvalue weighted by atomic mass is 10.1. The van der Waals surface area contributed by atoms with E-state index in [-0.39, 0.29) is 33.6 Å². The molecule has 2 aromatic rings. The third-order valence-corrected chi connectivity index (χ3v) is 3.35. The monoisotopic (exact) mass is 347 g/mol. The molecule has 7 nitrogen and oxygen atoms in total. The Morgan fingerprint density at radius 1 is 1.33 bits per heavy atom. The number of benzene rings is 2. The van der Waals surface area contributed by atoms with Crippen molar-refractivity contribution in [1.29, 1.82) is 0 Å². The fraction of sp³-hybridized carbons (Fsp3) is 0.125. The van der Waals surface area contributed by atoms with Gasteiger partial charge < -0.3 is 9.84 Å². The second kappa shape index (κ2) is 7.56. The number of hydrogen-bond acceptors (Lipinski definition) is 6. The van der Waals surface area contributed by atoms with Gasteiger partial charge >= 0.3 is 0 Å². The van der Waals surface area contributed by atoms with Gasteiger partial charge in [0.05, 0.1) is 12.0 Å². The molecule has 2 rings (SSSR count). The lowest BCUT2D eigenvalue weighted by Gasteiger charge is -2.08. The fourth-order valence-corrected chi connectivity index (χ4v) is 2.17. The third-order valence-electron chi connectivity index (χ3n) is 3.11. The van der Waals surface area contributed by atoms with Crippen LogP contribution in [-0.4, -0.2) is 17.1 Å². The minimum Gasteiger partial charge on any atom is -0.503 e. The number of methoxy groups -OCH3 is 1. The standard InChI is InChI=1S/C16H14ClN3O4/c1-3-4-10-7-13(16(21)15(8-10)24-2)19-18-12-9-11(17)5-6-14(12)20(22)23/h3,5-9,21H,1,4H2,2H3/b19-18+. The van der Waals surface area contributed by atoms with Crippen LogP contribution in [0.5, 0.6) is 11.5 Å². The normalized spacial score (nSPS) is 10.8. The summed E-state index contributed by atoms with van der Waals surface area (Å²) in [7, 11) is 1.41. The van der Waals surface area contributed by atoms with E-state index in [4.69, 9.17) is 16.3 Å². The van der Waals surface area contributed by atoms with Crippen molar-refractivity contribution in [2.24, 2.45) is 10.2 Å². The van der Waals surface area contributed by atoms with Crippen molar-refractivity contribution >= 4 is 28.7 Å². The highest BCUT2D eigenvalue weighted by atomic mass is 35.5. The molecule has 0 saturated carbocycles. The molecular weight excluding hydrogens is 334 g/mol. The van der Waals surface area contributed by atoms with Crippen LogP contribution in [0.15, 0.2) is 53.2 Å². The van der Waals surface area contributed by atoms with E-state index in [0.717, 1.165) is 5.56 Å². The van der Waals surface area contributed by atoms with Gasteiger partial charge in [0.15, 0.2) is 17.2 Å². The van der Waals surface area contributed by atoms with Gasteiger partial charge in [-0.3, -0.25) is 10.1 Å². The minimum absolute atomic E-state index is 0.0139. The highest BCUT2D eigenvalue weighted by Gasteiger charge is 2.15. The Bertz CT molecular complexity index is 821. The lowest BCUT2D eigenvalue weighted by molar-refractivity contribution is -0.384. The summed E-state index contributed by atoms with van der Waals surface area (Å²) in [4.78, 5) is 10.4. The first-order valence-electron chi connectivity index (χ1n) is 6.82. The zero-order valence-corrected chi connectivity index (χ0v) is 13.5. The first kappa shape index (κ1) is 17.4. The molecule has 0 bridgehead atoms. The lowest BCUT2D eigenvalue weighted by Crippen LogP contribution is -1.89. The summed E-state index contributed by atoms with van der Waals surface area (Å²) < 4.78 is 5.09. The van der Waals surface area contributed by atoms with Crippen LogP contribution in [-0.2, 0) is 6.42 Å². The van der Waals surface area contributed by atoms with E-state index >= 15 is 0 Å². The number of aromatic hydroxyl groups is 1. The molecule has 1 N–H and O–H groups in total. The van der Waals surface area contributed by atoms with E-state index in [1.54, 1.807) is 18.2 Å². The molecule has 0 aliphatic carbocycles. The number of nitro groups is 1. The second-order valence-corrected chi connectivity index (χ2v) is 5.19. The molecule has 0 aliphatic rings. The predicted molar refractivity (Wildman–Crippen MR) is 90.8 cm³/mol. The van der Waals surface area contributed by atoms with Crippen LogP contribution in [0, 0.1) is 10.1 Å². The maximum atomic E-state index is 11.0. The van der Waals surface area contributed by atoms with Gasteiger partial charge in [-0.15, -0.1) is 16.8 Å². The van der Waals surface area contributed by atoms with Crippen LogP contribution in [0.25, 0.3) is 0 Å². The Hall–Kier alpha value is -2.93. The van der Waals surface area contributed by atoms with Gasteiger partial charge in [-0.25, -0.2) is 0 Å². The van der Waals surface area contributed by atoms with Crippen LogP contribution < -0.4 is 4.74 Å². The Labute approximate surface area is 143 Å². The minimum atomic E-state index is -0.584. The van der Waals surface area contributed by atoms with Gasteiger partial charge in [0.2, 0.25) is 0 Å². The van der Waals surface area contributed by atoms with E-state index in [1.165, 1.54) is 25.3 Å². The molecule has 0 saturated heterocycles. The molecule has 0 aromatic heterocycles. The molecule has 2 aromatic carbocycles. The maximum absolute atomic E-state index is 11.0. The van der Waals surface area contributed by atoms with Crippen molar-refractivity contribution < 1.29 is 14.8 Å². The van der Waals surface area contributed by atoms with Crippen molar-refractivity contribution in [2.75, 3.05) is 7.11 Å². The van der Waals surface area contributed by atoms with Gasteiger partial charge in [-0.2, -0.15) is 0 Å². The third kappa shape index (κ3) is 3.88. The topological polar surface area (TPSA) is 97.3 Å². The number of phenols is 1. The smallest absolute Gasteiger partial charge is 0.296 e. The summed E-state index contributed by atoms with van der Waals surface area (Å²) in [6, 6.07) is 7.21. The molecule has 0 unspecified atom stereocenters. The van der Waals surface area contributed by atoms with Gasteiger partial charge in [-0.05, 0) is 36.2 Å². The number of halogens is 1. The number of allylic oxidation sites excluding steroid dienone is 1. The number of nitrogens with zero attached hydrogens (tertiary/aromatic N) is 3. The number of ether oxygens (including phenoxy) is 1. The van der Waals surface area contributed by atoms with Crippen LogP contribution in [0.1, 0.15) is 5.56 Å². The van der Waals surface area contributed by atoms with Crippen LogP contribution in [0.3, 0.4) is 0 Å². The Balaban J connectivity index is 2.49. The molecule has 0 atom stereocenters. The van der Waals surface area contributed by atoms with Gasteiger partial charge in [0, 0.05) is 11.1 Å². The van der Waals surface area contributed by atoms with Gasteiger partial charge in [-0.1, -0.05) is 17.7 Å². The second-order valence-electron chi connectivity index (χ2n) is 4.75. The summed E-state index contributed by atoms with van der Waals surface area (Å²) in [6.45, 7) is 3.65. The van der Waals surface area contributed by atoms with Crippen LogP contribution in [0.4, 0.5) is 17.1 Å². The molecule has 124 valence electrons. The van der Waals surface area contributed by atoms with Crippen LogP contribution >= 0.6 is 11.6 Å². The zero-order chi connectivity index (χ0) is 17.7. The summed E-state index contributed by atoms with van der Waals surface area (Å²) >= 11 is 5.84. The van der Waals surface area contributed by atoms with Crippen molar-refractivity contribution in [1.82, 2.24) is 0 Å². The molecule has 0 radical (unpaired) electrons. The van der Waals surface area contributed by atoms with E-state index < -0.39 is 4.92 Å². The number of nitro benzene ring substituents is 1. The number of hydrogen-bond donors (Lipinski definition) is 1.